The number of hydrogen-bond acceptors (Lipinski definition) is 6. The van der Waals surface area contributed by atoms with Crippen molar-refractivity contribution in [2.24, 2.45) is 5.92 Å². The normalized spacial score (nSPS) is 14.9. The third-order valence-corrected chi connectivity index (χ3v) is 6.08. The molecule has 1 aromatic carbocycles. The van der Waals surface area contributed by atoms with Gasteiger partial charge in [-0.3, -0.25) is 4.79 Å². The Hall–Kier alpha value is -2.44. The molecule has 0 aliphatic rings. The van der Waals surface area contributed by atoms with Gasteiger partial charge in [0.15, 0.2) is 6.10 Å². The second kappa shape index (κ2) is 8.50. The molecule has 0 unspecified atom stereocenters. The molecule has 27 heavy (non-hydrogen) atoms. The molecule has 2 atom stereocenters. The molecule has 9 heteroatoms. The summed E-state index contributed by atoms with van der Waals surface area (Å²) in [5.41, 5.74) is -1.10. The van der Waals surface area contributed by atoms with E-state index in [1.807, 2.05) is 6.07 Å². The largest absolute Gasteiger partial charge is 0.449 e. The SMILES string of the molecule is CC(C)[C@@](C)(C#N)NC(=O)[C@H](C)OC(=O)c1cccc(S(=O)(=O)N(C)C)c1. The minimum atomic E-state index is -3.70. The molecular weight excluding hydrogens is 370 g/mol. The Labute approximate surface area is 160 Å². The summed E-state index contributed by atoms with van der Waals surface area (Å²) in [4.78, 5) is 24.5. The highest BCUT2D eigenvalue weighted by Gasteiger charge is 2.32. The van der Waals surface area contributed by atoms with Gasteiger partial charge in [-0.05, 0) is 38.0 Å². The standard InChI is InChI=1S/C18H25N3O5S/c1-12(2)18(4,11-19)20-16(22)13(3)26-17(23)14-8-7-9-15(10-14)27(24,25)21(5)6/h7-10,12-13H,1-6H3,(H,20,22)/t13-,18+/m0/s1. The van der Waals surface area contributed by atoms with Gasteiger partial charge in [0.1, 0.15) is 5.54 Å². The predicted molar refractivity (Wildman–Crippen MR) is 99.2 cm³/mol. The zero-order chi connectivity index (χ0) is 21.0. The summed E-state index contributed by atoms with van der Waals surface area (Å²) in [6, 6.07) is 7.41. The molecule has 0 aliphatic carbocycles. The number of esters is 1. The second-order valence-corrected chi connectivity index (χ2v) is 8.97. The number of carbonyl (C=O) groups excluding carboxylic acids is 2. The molecule has 0 saturated heterocycles. The number of benzene rings is 1. The van der Waals surface area contributed by atoms with E-state index in [0.29, 0.717) is 0 Å². The van der Waals surface area contributed by atoms with Crippen LogP contribution in [-0.2, 0) is 19.6 Å². The van der Waals surface area contributed by atoms with Gasteiger partial charge in [-0.1, -0.05) is 19.9 Å². The van der Waals surface area contributed by atoms with Crippen molar-refractivity contribution in [2.45, 2.75) is 44.2 Å². The Balaban J connectivity index is 2.94. The molecule has 0 aliphatic heterocycles. The molecule has 1 amide bonds. The van der Waals surface area contributed by atoms with Crippen LogP contribution < -0.4 is 5.32 Å². The van der Waals surface area contributed by atoms with Crippen molar-refractivity contribution < 1.29 is 22.7 Å². The van der Waals surface area contributed by atoms with Gasteiger partial charge in [-0.25, -0.2) is 17.5 Å². The first-order chi connectivity index (χ1) is 12.3. The molecule has 0 aromatic heterocycles. The van der Waals surface area contributed by atoms with Crippen molar-refractivity contribution in [1.29, 1.82) is 5.26 Å². The molecule has 1 N–H and O–H groups in total. The molecule has 0 bridgehead atoms. The van der Waals surface area contributed by atoms with Gasteiger partial charge in [0.25, 0.3) is 5.91 Å². The summed E-state index contributed by atoms with van der Waals surface area (Å²) in [6.45, 7) is 6.54. The molecule has 1 rings (SSSR count). The zero-order valence-electron chi connectivity index (χ0n) is 16.3. The first-order valence-electron chi connectivity index (χ1n) is 8.32. The number of hydrogen-bond donors (Lipinski definition) is 1. The van der Waals surface area contributed by atoms with Crippen molar-refractivity contribution >= 4 is 21.9 Å². The second-order valence-electron chi connectivity index (χ2n) is 6.82. The molecule has 0 saturated carbocycles. The van der Waals surface area contributed by atoms with Gasteiger partial charge in [-0.2, -0.15) is 5.26 Å². The molecule has 1 aromatic rings. The fourth-order valence-corrected chi connectivity index (χ4v) is 2.88. The van der Waals surface area contributed by atoms with Crippen molar-refractivity contribution in [2.75, 3.05) is 14.1 Å². The van der Waals surface area contributed by atoms with E-state index in [2.05, 4.69) is 5.32 Å². The minimum absolute atomic E-state index is 0.00415. The average Bonchev–Trinajstić information content (AvgIpc) is 2.61. The van der Waals surface area contributed by atoms with Crippen LogP contribution in [-0.4, -0.2) is 50.3 Å². The highest BCUT2D eigenvalue weighted by atomic mass is 32.2. The maximum absolute atomic E-state index is 12.3. The number of carbonyl (C=O) groups is 2. The lowest BCUT2D eigenvalue weighted by atomic mass is 9.90. The first-order valence-corrected chi connectivity index (χ1v) is 9.76. The van der Waals surface area contributed by atoms with Crippen molar-refractivity contribution in [3.05, 3.63) is 29.8 Å². The van der Waals surface area contributed by atoms with E-state index in [0.717, 1.165) is 4.31 Å². The topological polar surface area (TPSA) is 117 Å². The first kappa shape index (κ1) is 22.6. The Morgan fingerprint density at radius 3 is 2.33 bits per heavy atom. The number of sulfonamides is 1. The summed E-state index contributed by atoms with van der Waals surface area (Å²) in [5, 5.41) is 11.8. The van der Waals surface area contributed by atoms with Crippen LogP contribution in [0, 0.1) is 17.2 Å². The Morgan fingerprint density at radius 2 is 1.85 bits per heavy atom. The van der Waals surface area contributed by atoms with Crippen LogP contribution in [0.1, 0.15) is 38.1 Å². The van der Waals surface area contributed by atoms with Gasteiger partial charge < -0.3 is 10.1 Å². The highest BCUT2D eigenvalue weighted by molar-refractivity contribution is 7.89. The van der Waals surface area contributed by atoms with Gasteiger partial charge in [0, 0.05) is 14.1 Å². The number of rotatable bonds is 7. The van der Waals surface area contributed by atoms with Gasteiger partial charge in [-0.15, -0.1) is 0 Å². The summed E-state index contributed by atoms with van der Waals surface area (Å²) in [6.07, 6.45) is -1.15. The van der Waals surface area contributed by atoms with E-state index in [4.69, 9.17) is 4.74 Å². The van der Waals surface area contributed by atoms with E-state index in [-0.39, 0.29) is 16.4 Å². The molecular formula is C18H25N3O5S. The summed E-state index contributed by atoms with van der Waals surface area (Å²) < 4.78 is 30.5. The quantitative estimate of drug-likeness (QED) is 0.700. The lowest BCUT2D eigenvalue weighted by Gasteiger charge is -2.28. The molecule has 0 fully saturated rings. The number of ether oxygens (including phenoxy) is 1. The smallest absolute Gasteiger partial charge is 0.338 e. The Kier molecular flexibility index (Phi) is 7.11. The van der Waals surface area contributed by atoms with Gasteiger partial charge in [0.2, 0.25) is 10.0 Å². The van der Waals surface area contributed by atoms with E-state index < -0.39 is 33.5 Å². The number of nitriles is 1. The van der Waals surface area contributed by atoms with E-state index in [1.54, 1.807) is 20.8 Å². The van der Waals surface area contributed by atoms with Crippen molar-refractivity contribution in [3.8, 4) is 6.07 Å². The van der Waals surface area contributed by atoms with Crippen LogP contribution in [0.5, 0.6) is 0 Å². The summed E-state index contributed by atoms with van der Waals surface area (Å²) in [5.74, 6) is -1.60. The van der Waals surface area contributed by atoms with Crippen LogP contribution in [0.15, 0.2) is 29.2 Å². The number of amides is 1. The minimum Gasteiger partial charge on any atom is -0.449 e. The number of nitrogens with zero attached hydrogens (tertiary/aromatic N) is 2. The monoisotopic (exact) mass is 395 g/mol. The lowest BCUT2D eigenvalue weighted by molar-refractivity contribution is -0.130. The lowest BCUT2D eigenvalue weighted by Crippen LogP contribution is -2.52. The zero-order valence-corrected chi connectivity index (χ0v) is 17.1. The van der Waals surface area contributed by atoms with E-state index in [1.165, 1.54) is 45.3 Å². The fraction of sp³-hybridized carbons (Fsp3) is 0.500. The third-order valence-electron chi connectivity index (χ3n) is 4.27. The maximum atomic E-state index is 12.3. The molecule has 8 nitrogen and oxygen atoms in total. The predicted octanol–water partition coefficient (Wildman–Crippen LogP) is 1.54. The molecule has 0 radical (unpaired) electrons. The van der Waals surface area contributed by atoms with Crippen LogP contribution in [0.25, 0.3) is 0 Å². The molecule has 148 valence electrons. The average molecular weight is 395 g/mol. The van der Waals surface area contributed by atoms with Crippen molar-refractivity contribution in [3.63, 3.8) is 0 Å². The van der Waals surface area contributed by atoms with Crippen LogP contribution >= 0.6 is 0 Å². The van der Waals surface area contributed by atoms with Crippen molar-refractivity contribution in [1.82, 2.24) is 9.62 Å². The summed E-state index contributed by atoms with van der Waals surface area (Å²) in [7, 11) is -0.939. The Bertz CT molecular complexity index is 858. The third kappa shape index (κ3) is 5.28. The number of nitrogens with one attached hydrogen (secondary N) is 1. The van der Waals surface area contributed by atoms with Crippen LogP contribution in [0.2, 0.25) is 0 Å². The highest BCUT2D eigenvalue weighted by Crippen LogP contribution is 2.17. The molecule has 0 heterocycles. The van der Waals surface area contributed by atoms with Gasteiger partial charge >= 0.3 is 5.97 Å². The fourth-order valence-electron chi connectivity index (χ4n) is 1.94. The maximum Gasteiger partial charge on any atom is 0.338 e. The van der Waals surface area contributed by atoms with E-state index in [9.17, 15) is 23.3 Å². The van der Waals surface area contributed by atoms with Crippen LogP contribution in [0.4, 0.5) is 0 Å². The summed E-state index contributed by atoms with van der Waals surface area (Å²) >= 11 is 0. The molecule has 0 spiro atoms. The van der Waals surface area contributed by atoms with Gasteiger partial charge in [0.05, 0.1) is 16.5 Å². The van der Waals surface area contributed by atoms with E-state index >= 15 is 0 Å². The van der Waals surface area contributed by atoms with Crippen LogP contribution in [0.3, 0.4) is 0 Å². The Morgan fingerprint density at radius 1 is 1.26 bits per heavy atom.